The minimum absolute atomic E-state index is 0.0882. The Labute approximate surface area is 193 Å². The summed E-state index contributed by atoms with van der Waals surface area (Å²) in [6, 6.07) is 6.23. The zero-order valence-corrected chi connectivity index (χ0v) is 19.8. The number of hydrogen-bond acceptors (Lipinski definition) is 5. The van der Waals surface area contributed by atoms with E-state index in [-0.39, 0.29) is 11.1 Å². The second-order valence-electron chi connectivity index (χ2n) is 8.43. The van der Waals surface area contributed by atoms with Crippen molar-refractivity contribution in [2.75, 3.05) is 12.3 Å². The van der Waals surface area contributed by atoms with Crippen LogP contribution in [-0.2, 0) is 4.79 Å². The maximum atomic E-state index is 12.7. The van der Waals surface area contributed by atoms with E-state index in [0.717, 1.165) is 54.8 Å². The average molecular weight is 458 g/mol. The van der Waals surface area contributed by atoms with Crippen LogP contribution in [0.15, 0.2) is 46.6 Å². The SMILES string of the molecule is CCCC=C1SC(=O)N(CCC(CCSc2cccc3nccn23)C2CCCC2)C1=O. The fourth-order valence-electron chi connectivity index (χ4n) is 4.70. The van der Waals surface area contributed by atoms with Crippen molar-refractivity contribution in [2.24, 2.45) is 11.8 Å². The number of thioether (sulfide) groups is 2. The molecule has 2 amide bonds. The first-order chi connectivity index (χ1) is 15.2. The third-order valence-electron chi connectivity index (χ3n) is 6.41. The van der Waals surface area contributed by atoms with Gasteiger partial charge >= 0.3 is 0 Å². The molecule has 1 saturated carbocycles. The van der Waals surface area contributed by atoms with E-state index in [1.165, 1.54) is 35.6 Å². The Morgan fingerprint density at radius 1 is 1.26 bits per heavy atom. The fourth-order valence-corrected chi connectivity index (χ4v) is 6.67. The Bertz CT molecular complexity index is 949. The molecular weight excluding hydrogens is 426 g/mol. The zero-order valence-electron chi connectivity index (χ0n) is 18.2. The van der Waals surface area contributed by atoms with Gasteiger partial charge in [0, 0.05) is 18.9 Å². The molecule has 31 heavy (non-hydrogen) atoms. The van der Waals surface area contributed by atoms with E-state index < -0.39 is 0 Å². The molecule has 0 spiro atoms. The first kappa shape index (κ1) is 22.5. The molecule has 3 heterocycles. The highest BCUT2D eigenvalue weighted by Crippen LogP contribution is 2.38. The van der Waals surface area contributed by atoms with Gasteiger partial charge in [0.1, 0.15) is 5.65 Å². The molecule has 4 rings (SSSR count). The number of aromatic nitrogens is 2. The molecule has 1 aliphatic carbocycles. The molecule has 0 bridgehead atoms. The summed E-state index contributed by atoms with van der Waals surface area (Å²) in [5.41, 5.74) is 0.979. The van der Waals surface area contributed by atoms with Crippen LogP contribution in [-0.4, -0.2) is 37.7 Å². The van der Waals surface area contributed by atoms with E-state index in [1.807, 2.05) is 36.3 Å². The second kappa shape index (κ2) is 10.7. The number of fused-ring (bicyclic) bond motifs is 1. The summed E-state index contributed by atoms with van der Waals surface area (Å²) in [7, 11) is 0. The van der Waals surface area contributed by atoms with Crippen molar-refractivity contribution in [1.82, 2.24) is 14.3 Å². The van der Waals surface area contributed by atoms with Gasteiger partial charge in [-0.25, -0.2) is 4.98 Å². The lowest BCUT2D eigenvalue weighted by Gasteiger charge is -2.25. The molecule has 0 aromatic carbocycles. The lowest BCUT2D eigenvalue weighted by atomic mass is 9.86. The lowest BCUT2D eigenvalue weighted by Crippen LogP contribution is -2.31. The summed E-state index contributed by atoms with van der Waals surface area (Å²) in [6.45, 7) is 2.63. The normalized spacial score (nSPS) is 19.9. The first-order valence-corrected chi connectivity index (χ1v) is 13.3. The maximum Gasteiger partial charge on any atom is 0.293 e. The molecule has 1 unspecified atom stereocenters. The Morgan fingerprint density at radius 2 is 2.10 bits per heavy atom. The predicted molar refractivity (Wildman–Crippen MR) is 128 cm³/mol. The van der Waals surface area contributed by atoms with Crippen LogP contribution < -0.4 is 0 Å². The van der Waals surface area contributed by atoms with Gasteiger partial charge in [0.25, 0.3) is 11.1 Å². The van der Waals surface area contributed by atoms with Crippen molar-refractivity contribution in [2.45, 2.75) is 63.3 Å². The number of carbonyl (C=O) groups is 2. The molecule has 1 aliphatic heterocycles. The van der Waals surface area contributed by atoms with Crippen molar-refractivity contribution in [3.8, 4) is 0 Å². The number of pyridine rings is 1. The van der Waals surface area contributed by atoms with Gasteiger partial charge in [-0.3, -0.25) is 18.9 Å². The summed E-state index contributed by atoms with van der Waals surface area (Å²) < 4.78 is 2.14. The van der Waals surface area contributed by atoms with Gasteiger partial charge in [0.15, 0.2) is 0 Å². The average Bonchev–Trinajstić information content (AvgIpc) is 3.51. The van der Waals surface area contributed by atoms with Crippen LogP contribution >= 0.6 is 23.5 Å². The monoisotopic (exact) mass is 457 g/mol. The molecule has 166 valence electrons. The molecule has 0 radical (unpaired) electrons. The second-order valence-corrected chi connectivity index (χ2v) is 10.5. The highest BCUT2D eigenvalue weighted by atomic mass is 32.2. The van der Waals surface area contributed by atoms with Gasteiger partial charge in [0.05, 0.1) is 9.93 Å². The van der Waals surface area contributed by atoms with Crippen LogP contribution in [0.1, 0.15) is 58.3 Å². The summed E-state index contributed by atoms with van der Waals surface area (Å²) >= 11 is 2.98. The number of nitrogens with zero attached hydrogens (tertiary/aromatic N) is 3. The molecule has 2 aromatic rings. The van der Waals surface area contributed by atoms with Crippen LogP contribution in [0, 0.1) is 11.8 Å². The Morgan fingerprint density at radius 3 is 2.90 bits per heavy atom. The zero-order chi connectivity index (χ0) is 21.6. The molecule has 2 fully saturated rings. The topological polar surface area (TPSA) is 54.7 Å². The van der Waals surface area contributed by atoms with Crippen LogP contribution in [0.4, 0.5) is 4.79 Å². The highest BCUT2D eigenvalue weighted by molar-refractivity contribution is 8.18. The summed E-state index contributed by atoms with van der Waals surface area (Å²) in [5, 5.41) is 1.12. The van der Waals surface area contributed by atoms with Crippen molar-refractivity contribution in [1.29, 1.82) is 0 Å². The van der Waals surface area contributed by atoms with Crippen molar-refractivity contribution < 1.29 is 9.59 Å². The molecule has 0 N–H and O–H groups in total. The number of rotatable bonds is 10. The van der Waals surface area contributed by atoms with Crippen molar-refractivity contribution in [3.63, 3.8) is 0 Å². The molecular formula is C24H31N3O2S2. The Hall–Kier alpha value is -1.73. The van der Waals surface area contributed by atoms with E-state index in [0.29, 0.717) is 17.4 Å². The number of amides is 2. The van der Waals surface area contributed by atoms with Gasteiger partial charge in [-0.05, 0) is 60.7 Å². The standard InChI is InChI=1S/C24H31N3O2S2/c1-2-3-9-20-23(28)27(24(29)31-20)15-12-19(18-7-4-5-8-18)13-17-30-22-11-6-10-21-25-14-16-26(21)22/h6,9-11,14,16,18-19H,2-5,7-8,12-13,15,17H2,1H3. The molecule has 1 saturated heterocycles. The van der Waals surface area contributed by atoms with E-state index >= 15 is 0 Å². The quantitative estimate of drug-likeness (QED) is 0.305. The minimum Gasteiger partial charge on any atom is -0.294 e. The number of carbonyl (C=O) groups excluding carboxylic acids is 2. The van der Waals surface area contributed by atoms with E-state index in [2.05, 4.69) is 28.4 Å². The highest BCUT2D eigenvalue weighted by Gasteiger charge is 2.35. The molecule has 2 aromatic heterocycles. The minimum atomic E-state index is -0.0984. The summed E-state index contributed by atoms with van der Waals surface area (Å²) in [6.07, 6.45) is 14.8. The Balaban J connectivity index is 1.35. The lowest BCUT2D eigenvalue weighted by molar-refractivity contribution is -0.123. The smallest absolute Gasteiger partial charge is 0.293 e. The van der Waals surface area contributed by atoms with Gasteiger partial charge in [-0.2, -0.15) is 0 Å². The number of imide groups is 1. The van der Waals surface area contributed by atoms with Crippen LogP contribution in [0.3, 0.4) is 0 Å². The van der Waals surface area contributed by atoms with E-state index in [4.69, 9.17) is 0 Å². The third kappa shape index (κ3) is 5.37. The number of imidazole rings is 1. The number of unbranched alkanes of at least 4 members (excludes halogenated alkanes) is 1. The van der Waals surface area contributed by atoms with Gasteiger partial charge in [-0.15, -0.1) is 11.8 Å². The summed E-state index contributed by atoms with van der Waals surface area (Å²) in [5.74, 6) is 2.23. The number of allylic oxidation sites excluding steroid dienone is 1. The van der Waals surface area contributed by atoms with Crippen molar-refractivity contribution >= 4 is 40.3 Å². The maximum absolute atomic E-state index is 12.7. The Kier molecular flexibility index (Phi) is 7.77. The molecule has 1 atom stereocenters. The van der Waals surface area contributed by atoms with Gasteiger partial charge in [-0.1, -0.05) is 51.2 Å². The largest absolute Gasteiger partial charge is 0.294 e. The van der Waals surface area contributed by atoms with Crippen LogP contribution in [0.2, 0.25) is 0 Å². The molecule has 5 nitrogen and oxygen atoms in total. The van der Waals surface area contributed by atoms with E-state index in [9.17, 15) is 9.59 Å². The third-order valence-corrected chi connectivity index (χ3v) is 8.44. The van der Waals surface area contributed by atoms with Crippen LogP contribution in [0.25, 0.3) is 5.65 Å². The van der Waals surface area contributed by atoms with Gasteiger partial charge in [0.2, 0.25) is 0 Å². The van der Waals surface area contributed by atoms with Crippen molar-refractivity contribution in [3.05, 3.63) is 41.6 Å². The predicted octanol–water partition coefficient (Wildman–Crippen LogP) is 6.39. The van der Waals surface area contributed by atoms with Crippen LogP contribution in [0.5, 0.6) is 0 Å². The summed E-state index contributed by atoms with van der Waals surface area (Å²) in [4.78, 5) is 31.5. The fraction of sp³-hybridized carbons (Fsp3) is 0.542. The molecule has 7 heteroatoms. The van der Waals surface area contributed by atoms with Gasteiger partial charge < -0.3 is 0 Å². The molecule has 2 aliphatic rings. The van der Waals surface area contributed by atoms with E-state index in [1.54, 1.807) is 0 Å². The number of hydrogen-bond donors (Lipinski definition) is 0. The first-order valence-electron chi connectivity index (χ1n) is 11.5.